The second kappa shape index (κ2) is 2.80. The van der Waals surface area contributed by atoms with Crippen LogP contribution in [0.4, 0.5) is 0 Å². The van der Waals surface area contributed by atoms with Crippen LogP contribution in [-0.2, 0) is 0 Å². The third-order valence-corrected chi connectivity index (χ3v) is 3.92. The summed E-state index contributed by atoms with van der Waals surface area (Å²) in [6.07, 6.45) is 7.66. The largest absolute Gasteiger partial charge is 0.0625 e. The Morgan fingerprint density at radius 1 is 0.909 bits per heavy atom. The van der Waals surface area contributed by atoms with E-state index in [1.54, 1.807) is 12.8 Å². The third kappa shape index (κ3) is 1.45. The van der Waals surface area contributed by atoms with Gasteiger partial charge in [0.1, 0.15) is 0 Å². The molecule has 0 spiro atoms. The first-order valence-electron chi connectivity index (χ1n) is 5.25. The van der Waals surface area contributed by atoms with Crippen LogP contribution >= 0.6 is 0 Å². The van der Waals surface area contributed by atoms with Crippen LogP contribution < -0.4 is 0 Å². The first-order valence-corrected chi connectivity index (χ1v) is 5.25. The van der Waals surface area contributed by atoms with Crippen molar-refractivity contribution in [3.05, 3.63) is 0 Å². The lowest BCUT2D eigenvalue weighted by atomic mass is 9.63. The Bertz CT molecular complexity index is 130. The summed E-state index contributed by atoms with van der Waals surface area (Å²) in [5.41, 5.74) is 0. The Hall–Kier alpha value is 0. The molecule has 0 amide bonds. The lowest BCUT2D eigenvalue weighted by Gasteiger charge is -2.43. The zero-order valence-corrected chi connectivity index (χ0v) is 7.84. The van der Waals surface area contributed by atoms with E-state index in [0.29, 0.717) is 0 Å². The van der Waals surface area contributed by atoms with E-state index >= 15 is 0 Å². The average molecular weight is 152 g/mol. The molecule has 3 rings (SSSR count). The van der Waals surface area contributed by atoms with E-state index < -0.39 is 0 Å². The quantitative estimate of drug-likeness (QED) is 0.498. The SMILES string of the molecule is CC1CCC2CC(C2)C(C)C1. The van der Waals surface area contributed by atoms with Crippen LogP contribution in [0, 0.1) is 23.7 Å². The molecule has 3 fully saturated rings. The van der Waals surface area contributed by atoms with Gasteiger partial charge < -0.3 is 0 Å². The molecule has 2 unspecified atom stereocenters. The highest BCUT2D eigenvalue weighted by atomic mass is 14.4. The molecule has 0 aromatic heterocycles. The van der Waals surface area contributed by atoms with E-state index in [0.717, 1.165) is 23.7 Å². The molecule has 0 saturated heterocycles. The molecule has 0 nitrogen and oxygen atoms in total. The topological polar surface area (TPSA) is 0 Å². The van der Waals surface area contributed by atoms with Crippen molar-refractivity contribution in [3.8, 4) is 0 Å². The van der Waals surface area contributed by atoms with Gasteiger partial charge >= 0.3 is 0 Å². The van der Waals surface area contributed by atoms with Gasteiger partial charge in [-0.15, -0.1) is 0 Å². The summed E-state index contributed by atoms with van der Waals surface area (Å²) in [6, 6.07) is 0. The van der Waals surface area contributed by atoms with E-state index in [9.17, 15) is 0 Å². The first kappa shape index (κ1) is 7.64. The molecule has 2 atom stereocenters. The summed E-state index contributed by atoms with van der Waals surface area (Å²) in [5, 5.41) is 0. The molecule has 0 aromatic carbocycles. The molecule has 0 aromatic rings. The number of hydrogen-bond donors (Lipinski definition) is 0. The van der Waals surface area contributed by atoms with Crippen LogP contribution in [0.2, 0.25) is 0 Å². The van der Waals surface area contributed by atoms with Gasteiger partial charge in [-0.3, -0.25) is 0 Å². The molecule has 0 aliphatic heterocycles. The summed E-state index contributed by atoms with van der Waals surface area (Å²) in [6.45, 7) is 4.89. The molecule has 11 heavy (non-hydrogen) atoms. The van der Waals surface area contributed by atoms with Crippen molar-refractivity contribution >= 4 is 0 Å². The second-order valence-electron chi connectivity index (χ2n) is 4.99. The fraction of sp³-hybridized carbons (Fsp3) is 1.00. The van der Waals surface area contributed by atoms with Crippen LogP contribution in [-0.4, -0.2) is 0 Å². The van der Waals surface area contributed by atoms with Gasteiger partial charge in [0.25, 0.3) is 0 Å². The average Bonchev–Trinajstić information content (AvgIpc) is 1.79. The highest BCUT2D eigenvalue weighted by Crippen LogP contribution is 2.46. The fourth-order valence-corrected chi connectivity index (χ4v) is 2.95. The molecule has 2 bridgehead atoms. The number of hydrogen-bond acceptors (Lipinski definition) is 0. The van der Waals surface area contributed by atoms with Gasteiger partial charge in [-0.25, -0.2) is 0 Å². The zero-order valence-electron chi connectivity index (χ0n) is 7.84. The van der Waals surface area contributed by atoms with E-state index in [4.69, 9.17) is 0 Å². The van der Waals surface area contributed by atoms with E-state index in [-0.39, 0.29) is 0 Å². The Kier molecular flexibility index (Phi) is 1.95. The lowest BCUT2D eigenvalue weighted by molar-refractivity contribution is 0.0806. The predicted octanol–water partition coefficient (Wildman–Crippen LogP) is 3.47. The summed E-state index contributed by atoms with van der Waals surface area (Å²) < 4.78 is 0. The Morgan fingerprint density at radius 3 is 2.36 bits per heavy atom. The summed E-state index contributed by atoms with van der Waals surface area (Å²) in [4.78, 5) is 0. The van der Waals surface area contributed by atoms with Crippen LogP contribution in [0.25, 0.3) is 0 Å². The Labute approximate surface area is 70.4 Å². The van der Waals surface area contributed by atoms with Crippen molar-refractivity contribution in [1.29, 1.82) is 0 Å². The van der Waals surface area contributed by atoms with Crippen molar-refractivity contribution < 1.29 is 0 Å². The fourth-order valence-electron chi connectivity index (χ4n) is 2.95. The Morgan fingerprint density at radius 2 is 1.64 bits per heavy atom. The van der Waals surface area contributed by atoms with Crippen molar-refractivity contribution in [1.82, 2.24) is 0 Å². The minimum Gasteiger partial charge on any atom is -0.0625 e. The molecule has 0 radical (unpaired) electrons. The normalized spacial score (nSPS) is 50.7. The molecule has 0 N–H and O–H groups in total. The molecule has 3 aliphatic carbocycles. The van der Waals surface area contributed by atoms with E-state index in [2.05, 4.69) is 13.8 Å². The highest BCUT2D eigenvalue weighted by Gasteiger charge is 2.35. The summed E-state index contributed by atoms with van der Waals surface area (Å²) in [7, 11) is 0. The van der Waals surface area contributed by atoms with Crippen molar-refractivity contribution in [2.45, 2.75) is 46.0 Å². The molecule has 0 heterocycles. The molecular weight excluding hydrogens is 132 g/mol. The van der Waals surface area contributed by atoms with Crippen LogP contribution in [0.15, 0.2) is 0 Å². The maximum atomic E-state index is 2.46. The molecule has 64 valence electrons. The summed E-state index contributed by atoms with van der Waals surface area (Å²) in [5.74, 6) is 4.28. The minimum absolute atomic E-state index is 1.01. The van der Waals surface area contributed by atoms with Gasteiger partial charge in [0.05, 0.1) is 0 Å². The van der Waals surface area contributed by atoms with Crippen molar-refractivity contribution in [2.24, 2.45) is 23.7 Å². The van der Waals surface area contributed by atoms with Gasteiger partial charge in [-0.2, -0.15) is 0 Å². The van der Waals surface area contributed by atoms with Gasteiger partial charge in [0.2, 0.25) is 0 Å². The molecule has 3 saturated carbocycles. The minimum atomic E-state index is 1.01. The van der Waals surface area contributed by atoms with Crippen LogP contribution in [0.3, 0.4) is 0 Å². The van der Waals surface area contributed by atoms with Crippen LogP contribution in [0.5, 0.6) is 0 Å². The van der Waals surface area contributed by atoms with Gasteiger partial charge in [0, 0.05) is 0 Å². The van der Waals surface area contributed by atoms with Crippen molar-refractivity contribution in [2.75, 3.05) is 0 Å². The van der Waals surface area contributed by atoms with Crippen molar-refractivity contribution in [3.63, 3.8) is 0 Å². The zero-order chi connectivity index (χ0) is 7.84. The van der Waals surface area contributed by atoms with E-state index in [1.807, 2.05) is 0 Å². The number of fused-ring (bicyclic) bond motifs is 4. The highest BCUT2D eigenvalue weighted by molar-refractivity contribution is 4.86. The molecule has 0 heteroatoms. The Balaban J connectivity index is 1.94. The maximum absolute atomic E-state index is 2.46. The van der Waals surface area contributed by atoms with Gasteiger partial charge in [0.15, 0.2) is 0 Å². The molecule has 3 aliphatic rings. The summed E-state index contributed by atoms with van der Waals surface area (Å²) >= 11 is 0. The van der Waals surface area contributed by atoms with Gasteiger partial charge in [-0.05, 0) is 42.9 Å². The maximum Gasteiger partial charge on any atom is -0.0383 e. The van der Waals surface area contributed by atoms with Gasteiger partial charge in [-0.1, -0.05) is 26.7 Å². The van der Waals surface area contributed by atoms with E-state index in [1.165, 1.54) is 19.3 Å². The smallest absolute Gasteiger partial charge is 0.0383 e. The standard InChI is InChI=1S/C11H20/c1-8-3-4-10-6-11(7-10)9(2)5-8/h8-11H,3-7H2,1-2H3. The van der Waals surface area contributed by atoms with Crippen LogP contribution in [0.1, 0.15) is 46.0 Å². The first-order chi connectivity index (χ1) is 5.25. The second-order valence-corrected chi connectivity index (χ2v) is 4.99. The third-order valence-electron chi connectivity index (χ3n) is 3.92. The lowest BCUT2D eigenvalue weighted by Crippen LogP contribution is -2.32. The number of rotatable bonds is 0. The predicted molar refractivity (Wildman–Crippen MR) is 48.4 cm³/mol. The molecular formula is C11H20. The monoisotopic (exact) mass is 152 g/mol.